The smallest absolute Gasteiger partial charge is 0.0159 e. The average molecular weight is 867 g/mol. The highest BCUT2D eigenvalue weighted by Gasteiger charge is 2.38. The predicted octanol–water partition coefficient (Wildman–Crippen LogP) is 18.6. The Morgan fingerprint density at radius 1 is 0.206 bits per heavy atom. The van der Waals surface area contributed by atoms with E-state index in [1.807, 2.05) is 0 Å². The van der Waals surface area contributed by atoms with E-state index >= 15 is 0 Å². The molecule has 0 radical (unpaired) electrons. The van der Waals surface area contributed by atoms with Crippen LogP contribution < -0.4 is 0 Å². The van der Waals surface area contributed by atoms with Crippen LogP contribution in [0.1, 0.15) is 49.9 Å². The van der Waals surface area contributed by atoms with Crippen LogP contribution in [-0.2, 0) is 10.8 Å². The van der Waals surface area contributed by atoms with E-state index in [4.69, 9.17) is 0 Å². The molecule has 0 aromatic heterocycles. The van der Waals surface area contributed by atoms with Gasteiger partial charge in [0.1, 0.15) is 0 Å². The lowest BCUT2D eigenvalue weighted by Crippen LogP contribution is -2.15. The molecule has 0 nitrogen and oxygen atoms in total. The summed E-state index contributed by atoms with van der Waals surface area (Å²) in [6.07, 6.45) is 0. The third-order valence-corrected chi connectivity index (χ3v) is 15.5. The highest BCUT2D eigenvalue weighted by atomic mass is 14.4. The molecular weight excluding hydrogens is 817 g/mol. The van der Waals surface area contributed by atoms with Gasteiger partial charge in [-0.1, -0.05) is 234 Å². The van der Waals surface area contributed by atoms with Gasteiger partial charge in [-0.15, -0.1) is 0 Å². The summed E-state index contributed by atoms with van der Waals surface area (Å²) in [5, 5.41) is 5.11. The van der Waals surface area contributed by atoms with E-state index in [0.717, 1.165) is 0 Å². The summed E-state index contributed by atoms with van der Waals surface area (Å²) in [6, 6.07) is 86.1. The molecule has 0 fully saturated rings. The maximum Gasteiger partial charge on any atom is 0.0159 e. The normalized spacial score (nSPS) is 13.8. The fourth-order valence-corrected chi connectivity index (χ4v) is 11.7. The van der Waals surface area contributed by atoms with Crippen LogP contribution in [0.5, 0.6) is 0 Å². The van der Waals surface area contributed by atoms with Crippen LogP contribution in [0.3, 0.4) is 0 Å². The minimum Gasteiger partial charge on any atom is -0.0616 e. The van der Waals surface area contributed by atoms with Crippen molar-refractivity contribution in [2.75, 3.05) is 0 Å². The van der Waals surface area contributed by atoms with E-state index in [1.165, 1.54) is 133 Å². The Labute approximate surface area is 399 Å². The van der Waals surface area contributed by atoms with Gasteiger partial charge < -0.3 is 0 Å². The van der Waals surface area contributed by atoms with Crippen LogP contribution in [0.4, 0.5) is 0 Å². The van der Waals surface area contributed by atoms with Crippen molar-refractivity contribution in [2.24, 2.45) is 0 Å². The summed E-state index contributed by atoms with van der Waals surface area (Å²) in [5.74, 6) is 0. The second-order valence-electron chi connectivity index (χ2n) is 20.1. The van der Waals surface area contributed by atoms with Gasteiger partial charge in [0.25, 0.3) is 0 Å². The van der Waals surface area contributed by atoms with Gasteiger partial charge in [-0.05, 0) is 157 Å². The van der Waals surface area contributed by atoms with Gasteiger partial charge >= 0.3 is 0 Å². The fourth-order valence-electron chi connectivity index (χ4n) is 11.7. The summed E-state index contributed by atoms with van der Waals surface area (Å²) >= 11 is 0. The van der Waals surface area contributed by atoms with Crippen molar-refractivity contribution >= 4 is 21.5 Å². The monoisotopic (exact) mass is 866 g/mol. The molecule has 11 aromatic carbocycles. The molecule has 11 aromatic rings. The van der Waals surface area contributed by atoms with Gasteiger partial charge in [0.15, 0.2) is 0 Å². The van der Waals surface area contributed by atoms with Gasteiger partial charge in [-0.2, -0.15) is 0 Å². The number of hydrogen-bond acceptors (Lipinski definition) is 0. The SMILES string of the molecule is CC1(C)c2cc(-c3ccc(-c4ccc(-c5cccc6ccccc56)cc4)cc3)ccc2-c2ccc(-c3ccc4c(c3)C(C)(C)c3cc(-c5ccc(-c6cccc7ccccc67)cc5)ccc3-4)cc21. The molecular formula is C68H50. The molecule has 0 saturated carbocycles. The van der Waals surface area contributed by atoms with Crippen molar-refractivity contribution in [3.05, 3.63) is 253 Å². The number of benzene rings is 11. The largest absolute Gasteiger partial charge is 0.0616 e. The molecule has 0 N–H and O–H groups in total. The van der Waals surface area contributed by atoms with Gasteiger partial charge in [-0.3, -0.25) is 0 Å². The summed E-state index contributed by atoms with van der Waals surface area (Å²) < 4.78 is 0. The molecule has 2 aliphatic carbocycles. The Morgan fingerprint density at radius 3 is 0.794 bits per heavy atom. The lowest BCUT2D eigenvalue weighted by Gasteiger charge is -2.24. The molecule has 0 aliphatic heterocycles. The fraction of sp³-hybridized carbons (Fsp3) is 0.0882. The van der Waals surface area contributed by atoms with Crippen molar-refractivity contribution < 1.29 is 0 Å². The second-order valence-corrected chi connectivity index (χ2v) is 20.1. The van der Waals surface area contributed by atoms with Crippen molar-refractivity contribution in [1.29, 1.82) is 0 Å². The molecule has 0 heteroatoms. The molecule has 0 spiro atoms. The third kappa shape index (κ3) is 6.35. The molecule has 0 saturated heterocycles. The standard InChI is InChI=1S/C68H50/c1-67(2)63-39-51(45-21-19-43(20-22-45)44-23-27-49(28-24-44)57-17-9-13-47-11-5-7-15-55(47)57)31-35-59(63)61-37-33-53(41-65(61)67)54-34-38-62-60-36-32-52(40-64(60)68(3,4)66(62)42-54)46-25-29-50(30-26-46)58-18-10-14-48-12-6-8-16-56(48)58/h5-42H,1-4H3. The van der Waals surface area contributed by atoms with Crippen LogP contribution in [-0.4, -0.2) is 0 Å². The summed E-state index contributed by atoms with van der Waals surface area (Å²) in [5.41, 5.74) is 25.7. The predicted molar refractivity (Wildman–Crippen MR) is 289 cm³/mol. The lowest BCUT2D eigenvalue weighted by atomic mass is 9.79. The van der Waals surface area contributed by atoms with E-state index in [1.54, 1.807) is 0 Å². The maximum absolute atomic E-state index is 2.46. The van der Waals surface area contributed by atoms with E-state index in [9.17, 15) is 0 Å². The average Bonchev–Trinajstić information content (AvgIpc) is 3.76. The zero-order chi connectivity index (χ0) is 45.7. The van der Waals surface area contributed by atoms with Crippen LogP contribution >= 0.6 is 0 Å². The van der Waals surface area contributed by atoms with E-state index in [-0.39, 0.29) is 10.8 Å². The molecule has 68 heavy (non-hydrogen) atoms. The zero-order valence-corrected chi connectivity index (χ0v) is 38.9. The topological polar surface area (TPSA) is 0 Å². The Hall–Kier alpha value is -8.06. The first kappa shape index (κ1) is 40.2. The van der Waals surface area contributed by atoms with Gasteiger partial charge in [0, 0.05) is 10.8 Å². The van der Waals surface area contributed by atoms with Crippen molar-refractivity contribution in [3.63, 3.8) is 0 Å². The number of fused-ring (bicyclic) bond motifs is 8. The quantitative estimate of drug-likeness (QED) is 0.156. The molecule has 0 amide bonds. The Bertz CT molecular complexity index is 3790. The van der Waals surface area contributed by atoms with Crippen molar-refractivity contribution in [3.8, 4) is 89.0 Å². The first-order chi connectivity index (χ1) is 33.2. The Kier molecular flexibility index (Phi) is 9.02. The first-order valence-electron chi connectivity index (χ1n) is 24.1. The van der Waals surface area contributed by atoms with Gasteiger partial charge in [0.05, 0.1) is 0 Å². The summed E-state index contributed by atoms with van der Waals surface area (Å²) in [4.78, 5) is 0. The molecule has 13 rings (SSSR count). The highest BCUT2D eigenvalue weighted by molar-refractivity contribution is 5.98. The zero-order valence-electron chi connectivity index (χ0n) is 38.9. The maximum atomic E-state index is 2.46. The minimum atomic E-state index is -0.141. The van der Waals surface area contributed by atoms with Crippen LogP contribution in [0.15, 0.2) is 231 Å². The molecule has 322 valence electrons. The third-order valence-electron chi connectivity index (χ3n) is 15.5. The molecule has 0 unspecified atom stereocenters. The first-order valence-corrected chi connectivity index (χ1v) is 24.1. The van der Waals surface area contributed by atoms with Crippen LogP contribution in [0, 0.1) is 0 Å². The number of rotatable bonds is 6. The molecule has 0 bridgehead atoms. The summed E-state index contributed by atoms with van der Waals surface area (Å²) in [7, 11) is 0. The van der Waals surface area contributed by atoms with E-state index in [0.29, 0.717) is 0 Å². The van der Waals surface area contributed by atoms with E-state index in [2.05, 4.69) is 258 Å². The Morgan fingerprint density at radius 2 is 0.456 bits per heavy atom. The van der Waals surface area contributed by atoms with Crippen molar-refractivity contribution in [1.82, 2.24) is 0 Å². The highest BCUT2D eigenvalue weighted by Crippen LogP contribution is 2.53. The van der Waals surface area contributed by atoms with Crippen LogP contribution in [0.2, 0.25) is 0 Å². The number of hydrogen-bond donors (Lipinski definition) is 0. The minimum absolute atomic E-state index is 0.136. The second kappa shape index (κ2) is 15.2. The van der Waals surface area contributed by atoms with Gasteiger partial charge in [0.2, 0.25) is 0 Å². The molecule has 0 atom stereocenters. The lowest BCUT2D eigenvalue weighted by molar-refractivity contribution is 0.660. The van der Waals surface area contributed by atoms with E-state index < -0.39 is 0 Å². The van der Waals surface area contributed by atoms with Crippen LogP contribution in [0.25, 0.3) is 111 Å². The molecule has 2 aliphatic rings. The molecule has 0 heterocycles. The summed E-state index contributed by atoms with van der Waals surface area (Å²) in [6.45, 7) is 9.58. The Balaban J connectivity index is 0.749. The van der Waals surface area contributed by atoms with Gasteiger partial charge in [-0.25, -0.2) is 0 Å². The van der Waals surface area contributed by atoms with Crippen molar-refractivity contribution in [2.45, 2.75) is 38.5 Å².